The highest BCUT2D eigenvalue weighted by Gasteiger charge is 2.46. The van der Waals surface area contributed by atoms with Crippen molar-refractivity contribution >= 4 is 49.8 Å². The SMILES string of the molecule is c1ccc(-c2ccc(N(c3ccccc3)c3ccc4oc5ccc(-c6ccc7c(c6)C(c6ccccc6)(c6ccccc6)c6ccc8ccccc8c6-7)cc5c4c3)cc2)cc1. The van der Waals surface area contributed by atoms with Gasteiger partial charge in [0.05, 0.1) is 5.41 Å². The van der Waals surface area contributed by atoms with Crippen molar-refractivity contribution in [2.24, 2.45) is 0 Å². The van der Waals surface area contributed by atoms with Crippen molar-refractivity contribution in [2.75, 3.05) is 4.90 Å². The molecular weight excluding hydrogens is 739 g/mol. The van der Waals surface area contributed by atoms with Gasteiger partial charge in [0.15, 0.2) is 0 Å². The molecule has 0 amide bonds. The fraction of sp³-hybridized carbons (Fsp3) is 0.0169. The van der Waals surface area contributed by atoms with Crippen LogP contribution in [0.5, 0.6) is 0 Å². The lowest BCUT2D eigenvalue weighted by molar-refractivity contribution is 0.669. The summed E-state index contributed by atoms with van der Waals surface area (Å²) in [4.78, 5) is 2.32. The maximum atomic E-state index is 6.54. The summed E-state index contributed by atoms with van der Waals surface area (Å²) in [5, 5.41) is 4.70. The lowest BCUT2D eigenvalue weighted by Crippen LogP contribution is -2.28. The number of furan rings is 1. The molecule has 0 aliphatic heterocycles. The van der Waals surface area contributed by atoms with E-state index in [4.69, 9.17) is 4.42 Å². The predicted octanol–water partition coefficient (Wildman–Crippen LogP) is 15.9. The second kappa shape index (κ2) is 14.1. The Hall–Kier alpha value is -7.94. The third-order valence-corrected chi connectivity index (χ3v) is 12.7. The van der Waals surface area contributed by atoms with E-state index in [2.05, 4.69) is 241 Å². The smallest absolute Gasteiger partial charge is 0.135 e. The van der Waals surface area contributed by atoms with Gasteiger partial charge in [-0.1, -0.05) is 176 Å². The van der Waals surface area contributed by atoms with Crippen molar-refractivity contribution in [3.8, 4) is 33.4 Å². The minimum absolute atomic E-state index is 0.505. The summed E-state index contributed by atoms with van der Waals surface area (Å²) in [6, 6.07) is 85.9. The maximum absolute atomic E-state index is 6.54. The fourth-order valence-electron chi connectivity index (χ4n) is 9.98. The van der Waals surface area contributed by atoms with Crippen LogP contribution in [-0.4, -0.2) is 0 Å². The fourth-order valence-corrected chi connectivity index (χ4v) is 9.98. The van der Waals surface area contributed by atoms with Crippen LogP contribution < -0.4 is 4.90 Å². The van der Waals surface area contributed by atoms with Gasteiger partial charge in [0, 0.05) is 27.8 Å². The van der Waals surface area contributed by atoms with E-state index in [9.17, 15) is 0 Å². The predicted molar refractivity (Wildman–Crippen MR) is 254 cm³/mol. The third kappa shape index (κ3) is 5.57. The molecule has 0 saturated heterocycles. The number of fused-ring (bicyclic) bond motifs is 8. The molecule has 12 rings (SSSR count). The van der Waals surface area contributed by atoms with Crippen molar-refractivity contribution in [3.63, 3.8) is 0 Å². The van der Waals surface area contributed by atoms with Gasteiger partial charge in [-0.2, -0.15) is 0 Å². The molecule has 2 nitrogen and oxygen atoms in total. The molecular formula is C59H39NO. The molecule has 0 atom stereocenters. The average molecular weight is 778 g/mol. The zero-order valence-electron chi connectivity index (χ0n) is 33.4. The highest BCUT2D eigenvalue weighted by Crippen LogP contribution is 2.58. The lowest BCUT2D eigenvalue weighted by atomic mass is 9.67. The van der Waals surface area contributed by atoms with Crippen LogP contribution in [-0.2, 0) is 5.41 Å². The normalized spacial score (nSPS) is 12.7. The number of anilines is 3. The first kappa shape index (κ1) is 35.0. The standard InChI is InChI=1S/C59H39NO/c1-5-15-40(16-6-1)41-25-30-48(31-26-41)60(47-22-11-4-12-23-47)49-32-36-57-53(39-49)52-37-43(29-35-56(52)61-57)44-27-33-51-55(38-44)59(45-18-7-2-8-19-45,46-20-9-3-10-21-46)54-34-28-42-17-13-14-24-50(42)58(51)54/h1-39H. The summed E-state index contributed by atoms with van der Waals surface area (Å²) in [5.41, 5.74) is 16.9. The Balaban J connectivity index is 1.02. The summed E-state index contributed by atoms with van der Waals surface area (Å²) in [6.07, 6.45) is 0. The molecule has 1 aliphatic rings. The van der Waals surface area contributed by atoms with E-state index in [0.29, 0.717) is 0 Å². The van der Waals surface area contributed by atoms with Crippen LogP contribution in [0.1, 0.15) is 22.3 Å². The molecule has 0 N–H and O–H groups in total. The van der Waals surface area contributed by atoms with Gasteiger partial charge in [-0.25, -0.2) is 0 Å². The number of para-hydroxylation sites is 1. The molecule has 0 spiro atoms. The van der Waals surface area contributed by atoms with Gasteiger partial charge in [-0.15, -0.1) is 0 Å². The van der Waals surface area contributed by atoms with Crippen molar-refractivity contribution in [1.82, 2.24) is 0 Å². The minimum Gasteiger partial charge on any atom is -0.456 e. The molecule has 0 unspecified atom stereocenters. The van der Waals surface area contributed by atoms with E-state index in [1.54, 1.807) is 0 Å². The first-order chi connectivity index (χ1) is 30.2. The molecule has 1 aliphatic carbocycles. The summed E-state index contributed by atoms with van der Waals surface area (Å²) < 4.78 is 6.54. The first-order valence-corrected chi connectivity index (χ1v) is 21.0. The van der Waals surface area contributed by atoms with Gasteiger partial charge in [0.1, 0.15) is 11.2 Å². The van der Waals surface area contributed by atoms with Crippen LogP contribution in [0, 0.1) is 0 Å². The van der Waals surface area contributed by atoms with Crippen LogP contribution >= 0.6 is 0 Å². The van der Waals surface area contributed by atoms with E-state index in [0.717, 1.165) is 44.6 Å². The number of hydrogen-bond acceptors (Lipinski definition) is 2. The van der Waals surface area contributed by atoms with E-state index in [1.807, 2.05) is 0 Å². The first-order valence-electron chi connectivity index (χ1n) is 21.0. The minimum atomic E-state index is -0.505. The van der Waals surface area contributed by atoms with Crippen molar-refractivity contribution in [2.45, 2.75) is 5.41 Å². The molecule has 0 radical (unpaired) electrons. The Morgan fingerprint density at radius 1 is 0.328 bits per heavy atom. The van der Waals surface area contributed by atoms with E-state index in [1.165, 1.54) is 60.8 Å². The van der Waals surface area contributed by atoms with Gasteiger partial charge < -0.3 is 9.32 Å². The number of nitrogens with zero attached hydrogens (tertiary/aromatic N) is 1. The zero-order chi connectivity index (χ0) is 40.3. The molecule has 286 valence electrons. The Kier molecular flexibility index (Phi) is 8.11. The topological polar surface area (TPSA) is 16.4 Å². The monoisotopic (exact) mass is 777 g/mol. The molecule has 0 bridgehead atoms. The average Bonchev–Trinajstić information content (AvgIpc) is 3.86. The Labute approximate surface area is 355 Å². The van der Waals surface area contributed by atoms with Crippen LogP contribution in [0.2, 0.25) is 0 Å². The van der Waals surface area contributed by atoms with Gasteiger partial charge in [-0.05, 0) is 127 Å². The largest absolute Gasteiger partial charge is 0.456 e. The maximum Gasteiger partial charge on any atom is 0.135 e. The van der Waals surface area contributed by atoms with Crippen LogP contribution in [0.4, 0.5) is 17.1 Å². The second-order valence-electron chi connectivity index (χ2n) is 16.0. The van der Waals surface area contributed by atoms with E-state index < -0.39 is 5.41 Å². The van der Waals surface area contributed by atoms with Crippen molar-refractivity contribution in [1.29, 1.82) is 0 Å². The molecule has 0 saturated carbocycles. The highest BCUT2D eigenvalue weighted by atomic mass is 16.3. The second-order valence-corrected chi connectivity index (χ2v) is 16.0. The Morgan fingerprint density at radius 3 is 1.57 bits per heavy atom. The van der Waals surface area contributed by atoms with Crippen LogP contribution in [0.3, 0.4) is 0 Å². The van der Waals surface area contributed by atoms with Gasteiger partial charge in [0.2, 0.25) is 0 Å². The third-order valence-electron chi connectivity index (χ3n) is 12.7. The molecule has 0 fully saturated rings. The molecule has 1 aromatic heterocycles. The number of benzene rings is 10. The van der Waals surface area contributed by atoms with E-state index in [-0.39, 0.29) is 0 Å². The Morgan fingerprint density at radius 2 is 0.852 bits per heavy atom. The van der Waals surface area contributed by atoms with Gasteiger partial charge >= 0.3 is 0 Å². The molecule has 2 heteroatoms. The van der Waals surface area contributed by atoms with Crippen LogP contribution in [0.25, 0.3) is 66.1 Å². The zero-order valence-corrected chi connectivity index (χ0v) is 33.4. The Bertz CT molecular complexity index is 3350. The summed E-state index contributed by atoms with van der Waals surface area (Å²) >= 11 is 0. The quantitative estimate of drug-likeness (QED) is 0.160. The van der Waals surface area contributed by atoms with E-state index >= 15 is 0 Å². The molecule has 10 aromatic carbocycles. The summed E-state index contributed by atoms with van der Waals surface area (Å²) in [5.74, 6) is 0. The van der Waals surface area contributed by atoms with Crippen molar-refractivity contribution in [3.05, 3.63) is 259 Å². The number of rotatable bonds is 7. The molecule has 61 heavy (non-hydrogen) atoms. The number of hydrogen-bond donors (Lipinski definition) is 0. The van der Waals surface area contributed by atoms with Crippen molar-refractivity contribution < 1.29 is 4.42 Å². The van der Waals surface area contributed by atoms with Gasteiger partial charge in [-0.3, -0.25) is 0 Å². The summed E-state index contributed by atoms with van der Waals surface area (Å²) in [7, 11) is 0. The molecule has 11 aromatic rings. The lowest BCUT2D eigenvalue weighted by Gasteiger charge is -2.34. The molecule has 1 heterocycles. The summed E-state index contributed by atoms with van der Waals surface area (Å²) in [6.45, 7) is 0. The highest BCUT2D eigenvalue weighted by molar-refractivity contribution is 6.09. The van der Waals surface area contributed by atoms with Crippen LogP contribution in [0.15, 0.2) is 241 Å². The van der Waals surface area contributed by atoms with Gasteiger partial charge in [0.25, 0.3) is 0 Å².